The minimum Gasteiger partial charge on any atom is -0.376 e. The molecule has 6 nitrogen and oxygen atoms in total. The predicted octanol–water partition coefficient (Wildman–Crippen LogP) is 2.68. The van der Waals surface area contributed by atoms with Crippen molar-refractivity contribution in [2.24, 2.45) is 0 Å². The molecule has 0 saturated heterocycles. The van der Waals surface area contributed by atoms with Gasteiger partial charge in [-0.15, -0.1) is 11.3 Å². The molecular weight excluding hydrogens is 312 g/mol. The Hall–Kier alpha value is -1.86. The van der Waals surface area contributed by atoms with Gasteiger partial charge in [-0.1, -0.05) is 12.8 Å². The first-order chi connectivity index (χ1) is 11.3. The van der Waals surface area contributed by atoms with Crippen molar-refractivity contribution >= 4 is 17.2 Å². The molecule has 1 N–H and O–H groups in total. The van der Waals surface area contributed by atoms with Crippen LogP contribution in [0.2, 0.25) is 0 Å². The van der Waals surface area contributed by atoms with Crippen molar-refractivity contribution in [3.05, 3.63) is 29.5 Å². The lowest BCUT2D eigenvalue weighted by atomic mass is 9.92. The fourth-order valence-electron chi connectivity index (χ4n) is 2.81. The molecule has 122 valence electrons. The normalized spacial score (nSPS) is 21.1. The summed E-state index contributed by atoms with van der Waals surface area (Å²) in [6.45, 7) is 2.66. The van der Waals surface area contributed by atoms with E-state index in [1.165, 1.54) is 11.3 Å². The molecule has 1 fully saturated rings. The lowest BCUT2D eigenvalue weighted by molar-refractivity contribution is 0.0125. The van der Waals surface area contributed by atoms with Crippen LogP contribution in [-0.4, -0.2) is 39.6 Å². The van der Waals surface area contributed by atoms with Crippen LogP contribution in [0.3, 0.4) is 0 Å². The standard InChI is InChI=1S/C16H20N4O2S/c1-2-22-12-7-4-3-6-11(12)20-15(21)13-10-19-16(23-13)14-17-8-5-9-18-14/h5,8-12H,2-4,6-7H2,1H3,(H,20,21)/t11-,12-/m1/s1. The zero-order valence-corrected chi connectivity index (χ0v) is 13.9. The number of nitrogens with zero attached hydrogens (tertiary/aromatic N) is 3. The average molecular weight is 332 g/mol. The van der Waals surface area contributed by atoms with E-state index in [9.17, 15) is 4.79 Å². The number of thiazole rings is 1. The van der Waals surface area contributed by atoms with Gasteiger partial charge in [0.15, 0.2) is 10.8 Å². The van der Waals surface area contributed by atoms with Gasteiger partial charge in [0.25, 0.3) is 5.91 Å². The highest BCUT2D eigenvalue weighted by molar-refractivity contribution is 7.16. The van der Waals surface area contributed by atoms with Gasteiger partial charge in [-0.25, -0.2) is 15.0 Å². The molecule has 0 radical (unpaired) electrons. The minimum absolute atomic E-state index is 0.0784. The third-order valence-electron chi connectivity index (χ3n) is 3.89. The largest absolute Gasteiger partial charge is 0.376 e. The molecular formula is C16H20N4O2S. The monoisotopic (exact) mass is 332 g/mol. The Balaban J connectivity index is 1.67. The predicted molar refractivity (Wildman–Crippen MR) is 88.3 cm³/mol. The maximum Gasteiger partial charge on any atom is 0.263 e. The highest BCUT2D eigenvalue weighted by Crippen LogP contribution is 2.24. The maximum atomic E-state index is 12.5. The van der Waals surface area contributed by atoms with Gasteiger partial charge in [0.05, 0.1) is 18.3 Å². The molecule has 2 atom stereocenters. The second-order valence-corrected chi connectivity index (χ2v) is 6.49. The fraction of sp³-hybridized carbons (Fsp3) is 0.500. The smallest absolute Gasteiger partial charge is 0.263 e. The highest BCUT2D eigenvalue weighted by atomic mass is 32.1. The summed E-state index contributed by atoms with van der Waals surface area (Å²) in [4.78, 5) is 25.6. The molecule has 2 aromatic rings. The molecule has 0 spiro atoms. The first kappa shape index (κ1) is 16.0. The zero-order chi connectivity index (χ0) is 16.1. The third-order valence-corrected chi connectivity index (χ3v) is 4.88. The molecule has 2 aromatic heterocycles. The van der Waals surface area contributed by atoms with Crippen LogP contribution in [0.25, 0.3) is 10.8 Å². The summed E-state index contributed by atoms with van der Waals surface area (Å²) in [5, 5.41) is 3.75. The Morgan fingerprint density at radius 3 is 2.87 bits per heavy atom. The van der Waals surface area contributed by atoms with Crippen molar-refractivity contribution in [3.63, 3.8) is 0 Å². The van der Waals surface area contributed by atoms with E-state index in [1.807, 2.05) is 6.92 Å². The molecule has 3 rings (SSSR count). The van der Waals surface area contributed by atoms with E-state index in [0.717, 1.165) is 25.7 Å². The SMILES string of the molecule is CCO[C@@H]1CCCC[C@H]1NC(=O)c1cnc(-c2ncccn2)s1. The number of ether oxygens (including phenoxy) is 1. The van der Waals surface area contributed by atoms with Gasteiger partial charge >= 0.3 is 0 Å². The molecule has 7 heteroatoms. The van der Waals surface area contributed by atoms with Gasteiger partial charge in [0, 0.05) is 19.0 Å². The Bertz CT molecular complexity index is 645. The maximum absolute atomic E-state index is 12.5. The van der Waals surface area contributed by atoms with Crippen LogP contribution < -0.4 is 5.32 Å². The Labute approximate surface area is 139 Å². The Kier molecular flexibility index (Phi) is 5.30. The fourth-order valence-corrected chi connectivity index (χ4v) is 3.57. The van der Waals surface area contributed by atoms with E-state index in [4.69, 9.17) is 4.74 Å². The second-order valence-electron chi connectivity index (χ2n) is 5.46. The van der Waals surface area contributed by atoms with Gasteiger partial charge in [0.2, 0.25) is 0 Å². The van der Waals surface area contributed by atoms with Gasteiger partial charge in [-0.3, -0.25) is 4.79 Å². The molecule has 1 amide bonds. The van der Waals surface area contributed by atoms with Gasteiger partial charge in [-0.2, -0.15) is 0 Å². The van der Waals surface area contributed by atoms with Crippen LogP contribution in [0, 0.1) is 0 Å². The van der Waals surface area contributed by atoms with Gasteiger partial charge in [0.1, 0.15) is 4.88 Å². The van der Waals surface area contributed by atoms with E-state index in [0.29, 0.717) is 22.3 Å². The Morgan fingerprint density at radius 1 is 1.30 bits per heavy atom. The Morgan fingerprint density at radius 2 is 2.09 bits per heavy atom. The van der Waals surface area contributed by atoms with E-state index in [-0.39, 0.29) is 18.1 Å². The van der Waals surface area contributed by atoms with Crippen molar-refractivity contribution in [1.82, 2.24) is 20.3 Å². The van der Waals surface area contributed by atoms with Crippen molar-refractivity contribution in [2.75, 3.05) is 6.61 Å². The first-order valence-electron chi connectivity index (χ1n) is 7.93. The van der Waals surface area contributed by atoms with E-state index in [2.05, 4.69) is 20.3 Å². The summed E-state index contributed by atoms with van der Waals surface area (Å²) >= 11 is 1.31. The average Bonchev–Trinajstić information content (AvgIpc) is 3.08. The molecule has 0 unspecified atom stereocenters. The number of rotatable bonds is 5. The van der Waals surface area contributed by atoms with Crippen LogP contribution >= 0.6 is 11.3 Å². The number of hydrogen-bond acceptors (Lipinski definition) is 6. The number of hydrogen-bond donors (Lipinski definition) is 1. The van der Waals surface area contributed by atoms with Crippen LogP contribution in [0.5, 0.6) is 0 Å². The quantitative estimate of drug-likeness (QED) is 0.911. The zero-order valence-electron chi connectivity index (χ0n) is 13.1. The minimum atomic E-state index is -0.0960. The van der Waals surface area contributed by atoms with Crippen molar-refractivity contribution in [3.8, 4) is 10.8 Å². The van der Waals surface area contributed by atoms with Crippen LogP contribution in [0.1, 0.15) is 42.3 Å². The van der Waals surface area contributed by atoms with E-state index >= 15 is 0 Å². The van der Waals surface area contributed by atoms with Crippen LogP contribution in [-0.2, 0) is 4.74 Å². The van der Waals surface area contributed by atoms with Crippen LogP contribution in [0.15, 0.2) is 24.7 Å². The molecule has 1 aliphatic carbocycles. The number of nitrogens with one attached hydrogen (secondary N) is 1. The molecule has 1 aliphatic rings. The van der Waals surface area contributed by atoms with Gasteiger partial charge in [-0.05, 0) is 25.8 Å². The number of amides is 1. The van der Waals surface area contributed by atoms with Crippen molar-refractivity contribution in [1.29, 1.82) is 0 Å². The molecule has 1 saturated carbocycles. The molecule has 2 heterocycles. The summed E-state index contributed by atoms with van der Waals surface area (Å²) in [5.74, 6) is 0.447. The van der Waals surface area contributed by atoms with Gasteiger partial charge < -0.3 is 10.1 Å². The number of carbonyl (C=O) groups excluding carboxylic acids is 1. The molecule has 0 bridgehead atoms. The summed E-state index contributed by atoms with van der Waals surface area (Å²) in [5.41, 5.74) is 0. The topological polar surface area (TPSA) is 77.0 Å². The number of aromatic nitrogens is 3. The summed E-state index contributed by atoms with van der Waals surface area (Å²) in [7, 11) is 0. The van der Waals surface area contributed by atoms with E-state index < -0.39 is 0 Å². The first-order valence-corrected chi connectivity index (χ1v) is 8.75. The lowest BCUT2D eigenvalue weighted by Crippen LogP contribution is -2.46. The van der Waals surface area contributed by atoms with Crippen molar-refractivity contribution < 1.29 is 9.53 Å². The summed E-state index contributed by atoms with van der Waals surface area (Å²) in [6, 6.07) is 1.83. The summed E-state index contributed by atoms with van der Waals surface area (Å²) in [6.07, 6.45) is 9.28. The number of carbonyl (C=O) groups is 1. The molecule has 23 heavy (non-hydrogen) atoms. The lowest BCUT2D eigenvalue weighted by Gasteiger charge is -2.31. The van der Waals surface area contributed by atoms with E-state index in [1.54, 1.807) is 24.7 Å². The second kappa shape index (κ2) is 7.61. The van der Waals surface area contributed by atoms with Crippen LogP contribution in [0.4, 0.5) is 0 Å². The highest BCUT2D eigenvalue weighted by Gasteiger charge is 2.27. The summed E-state index contributed by atoms with van der Waals surface area (Å²) < 4.78 is 5.76. The third kappa shape index (κ3) is 3.92. The molecule has 0 aromatic carbocycles. The molecule has 0 aliphatic heterocycles. The van der Waals surface area contributed by atoms with Crippen molar-refractivity contribution in [2.45, 2.75) is 44.8 Å².